The zero-order valence-electron chi connectivity index (χ0n) is 18.3. The van der Waals surface area contributed by atoms with Gasteiger partial charge in [-0.25, -0.2) is 13.8 Å². The summed E-state index contributed by atoms with van der Waals surface area (Å²) in [6.07, 6.45) is 5.66. The Kier molecular flexibility index (Phi) is 9.22. The summed E-state index contributed by atoms with van der Waals surface area (Å²) in [6, 6.07) is 7.37. The first kappa shape index (κ1) is 23.9. The number of nitrogens with one attached hydrogen (secondary N) is 1. The number of aryl methyl sites for hydroxylation is 2. The first-order valence-corrected chi connectivity index (χ1v) is 11.3. The Hall–Kier alpha value is -2.74. The van der Waals surface area contributed by atoms with Crippen molar-refractivity contribution in [3.8, 4) is 5.75 Å². The molecule has 0 radical (unpaired) electrons. The number of hydrogen-bond donors (Lipinski definition) is 2. The molecule has 0 spiro atoms. The average Bonchev–Trinajstić information content (AvgIpc) is 2.75. The number of unbranched alkanes of at least 4 members (excludes halogenated alkanes) is 1. The van der Waals surface area contributed by atoms with Crippen LogP contribution in [0.25, 0.3) is 0 Å². The Morgan fingerprint density at radius 2 is 1.88 bits per heavy atom. The number of pyridine rings is 1. The molecule has 0 unspecified atom stereocenters. The van der Waals surface area contributed by atoms with Gasteiger partial charge in [0.05, 0.1) is 0 Å². The number of carbonyl (C=O) groups is 1. The number of benzene rings is 1. The number of halogens is 2. The molecule has 3 rings (SSSR count). The summed E-state index contributed by atoms with van der Waals surface area (Å²) in [5.74, 6) is -1.01. The highest BCUT2D eigenvalue weighted by atomic mass is 19.1. The predicted octanol–water partition coefficient (Wildman–Crippen LogP) is 4.29. The van der Waals surface area contributed by atoms with E-state index < -0.39 is 17.6 Å². The smallest absolute Gasteiger partial charge is 0.303 e. The maximum Gasteiger partial charge on any atom is 0.303 e. The number of rotatable bonds is 13. The topological polar surface area (TPSA) is 74.7 Å². The van der Waals surface area contributed by atoms with Gasteiger partial charge in [0.2, 0.25) is 0 Å². The number of nitrogens with zero attached hydrogens (tertiary/aromatic N) is 2. The number of anilines is 1. The van der Waals surface area contributed by atoms with Crippen molar-refractivity contribution in [1.82, 2.24) is 9.88 Å². The van der Waals surface area contributed by atoms with Crippen LogP contribution in [0.15, 0.2) is 30.3 Å². The molecule has 2 N–H and O–H groups in total. The number of aromatic nitrogens is 1. The molecule has 6 nitrogen and oxygen atoms in total. The van der Waals surface area contributed by atoms with Gasteiger partial charge in [-0.05, 0) is 63.2 Å². The Labute approximate surface area is 187 Å². The summed E-state index contributed by atoms with van der Waals surface area (Å²) >= 11 is 0. The van der Waals surface area contributed by atoms with E-state index in [-0.39, 0.29) is 18.8 Å². The Morgan fingerprint density at radius 3 is 2.66 bits per heavy atom. The molecule has 2 aromatic rings. The second-order valence-electron chi connectivity index (χ2n) is 8.09. The number of fused-ring (bicyclic) bond motifs is 1. The van der Waals surface area contributed by atoms with E-state index in [0.717, 1.165) is 74.9 Å². The summed E-state index contributed by atoms with van der Waals surface area (Å²) in [7, 11) is 0. The lowest BCUT2D eigenvalue weighted by atomic mass is 10.1. The summed E-state index contributed by atoms with van der Waals surface area (Å²) in [5.41, 5.74) is 2.36. The fourth-order valence-corrected chi connectivity index (χ4v) is 3.84. The molecule has 1 aromatic carbocycles. The van der Waals surface area contributed by atoms with Gasteiger partial charge in [-0.2, -0.15) is 0 Å². The quantitative estimate of drug-likeness (QED) is 0.447. The van der Waals surface area contributed by atoms with Crippen molar-refractivity contribution in [2.24, 2.45) is 0 Å². The molecule has 1 aliphatic heterocycles. The van der Waals surface area contributed by atoms with Crippen molar-refractivity contribution in [2.75, 3.05) is 38.1 Å². The van der Waals surface area contributed by atoms with Crippen LogP contribution in [0.3, 0.4) is 0 Å². The van der Waals surface area contributed by atoms with Crippen LogP contribution < -0.4 is 10.1 Å². The number of ether oxygens (including phenoxy) is 1. The van der Waals surface area contributed by atoms with Gasteiger partial charge in [-0.1, -0.05) is 6.07 Å². The van der Waals surface area contributed by atoms with Gasteiger partial charge < -0.3 is 15.2 Å². The van der Waals surface area contributed by atoms with E-state index >= 15 is 0 Å². The molecule has 1 aromatic heterocycles. The monoisotopic (exact) mass is 447 g/mol. The zero-order valence-corrected chi connectivity index (χ0v) is 18.3. The normalized spacial score (nSPS) is 13.0. The molecule has 0 atom stereocenters. The fourth-order valence-electron chi connectivity index (χ4n) is 3.84. The second-order valence-corrected chi connectivity index (χ2v) is 8.09. The lowest BCUT2D eigenvalue weighted by molar-refractivity contribution is -0.137. The lowest BCUT2D eigenvalue weighted by Gasteiger charge is -2.22. The van der Waals surface area contributed by atoms with Crippen molar-refractivity contribution < 1.29 is 23.4 Å². The van der Waals surface area contributed by atoms with Crippen LogP contribution in [0.5, 0.6) is 5.75 Å². The fraction of sp³-hybridized carbons (Fsp3) is 0.500. The van der Waals surface area contributed by atoms with Crippen molar-refractivity contribution >= 4 is 11.8 Å². The number of aliphatic carboxylic acids is 1. The van der Waals surface area contributed by atoms with Crippen LogP contribution >= 0.6 is 0 Å². The predicted molar refractivity (Wildman–Crippen MR) is 119 cm³/mol. The van der Waals surface area contributed by atoms with Crippen LogP contribution in [-0.2, 0) is 17.6 Å². The van der Waals surface area contributed by atoms with Crippen LogP contribution in [-0.4, -0.2) is 53.7 Å². The molecule has 0 bridgehead atoms. The summed E-state index contributed by atoms with van der Waals surface area (Å²) in [6.45, 7) is 3.23. The van der Waals surface area contributed by atoms with Crippen molar-refractivity contribution in [3.05, 3.63) is 53.2 Å². The van der Waals surface area contributed by atoms with Gasteiger partial charge in [-0.3, -0.25) is 9.69 Å². The zero-order chi connectivity index (χ0) is 22.8. The Morgan fingerprint density at radius 1 is 1.09 bits per heavy atom. The molecule has 0 amide bonds. The first-order chi connectivity index (χ1) is 15.5. The maximum atomic E-state index is 13.3. The molecule has 174 valence electrons. The van der Waals surface area contributed by atoms with E-state index in [4.69, 9.17) is 14.8 Å². The highest BCUT2D eigenvalue weighted by Gasteiger charge is 2.11. The molecular weight excluding hydrogens is 416 g/mol. The van der Waals surface area contributed by atoms with Gasteiger partial charge in [-0.15, -0.1) is 0 Å². The van der Waals surface area contributed by atoms with Gasteiger partial charge in [0.15, 0.2) is 0 Å². The largest absolute Gasteiger partial charge is 0.492 e. The molecule has 1 aliphatic rings. The number of carboxylic acids is 1. The van der Waals surface area contributed by atoms with E-state index in [2.05, 4.69) is 22.3 Å². The molecular formula is C24H31F2N3O3. The van der Waals surface area contributed by atoms with E-state index in [9.17, 15) is 13.6 Å². The van der Waals surface area contributed by atoms with Crippen molar-refractivity contribution in [3.63, 3.8) is 0 Å². The molecule has 2 heterocycles. The van der Waals surface area contributed by atoms with Gasteiger partial charge in [0.1, 0.15) is 29.8 Å². The minimum atomic E-state index is -0.816. The van der Waals surface area contributed by atoms with Crippen LogP contribution in [0.2, 0.25) is 0 Å². The Bertz CT molecular complexity index is 875. The minimum absolute atomic E-state index is 0.110. The van der Waals surface area contributed by atoms with Crippen molar-refractivity contribution in [2.45, 2.75) is 44.9 Å². The number of hydrogen-bond acceptors (Lipinski definition) is 5. The third-order valence-electron chi connectivity index (χ3n) is 5.49. The highest BCUT2D eigenvalue weighted by Crippen LogP contribution is 2.20. The summed E-state index contributed by atoms with van der Waals surface area (Å²) in [5, 5.41) is 12.3. The van der Waals surface area contributed by atoms with Crippen LogP contribution in [0.4, 0.5) is 14.6 Å². The first-order valence-electron chi connectivity index (χ1n) is 11.3. The molecule has 0 saturated carbocycles. The third-order valence-corrected chi connectivity index (χ3v) is 5.49. The third kappa shape index (κ3) is 8.07. The van der Waals surface area contributed by atoms with Crippen LogP contribution in [0, 0.1) is 11.6 Å². The van der Waals surface area contributed by atoms with Gasteiger partial charge >= 0.3 is 5.97 Å². The standard InChI is InChI=1S/C24H31F2N3O3/c25-19-15-20(26)17-22(16-19)32-14-13-29(12-4-7-23(30)31)11-2-1-6-21-9-8-18-5-3-10-27-24(18)28-21/h8-9,15-17H,1-7,10-14H2,(H,27,28)(H,30,31). The van der Waals surface area contributed by atoms with Gasteiger partial charge in [0, 0.05) is 43.4 Å². The summed E-state index contributed by atoms with van der Waals surface area (Å²) in [4.78, 5) is 17.7. The Balaban J connectivity index is 1.43. The minimum Gasteiger partial charge on any atom is -0.492 e. The molecule has 0 saturated heterocycles. The SMILES string of the molecule is O=C(O)CCCN(CCCCc1ccc2c(n1)NCCC2)CCOc1cc(F)cc(F)c1. The molecule has 0 fully saturated rings. The molecule has 32 heavy (non-hydrogen) atoms. The number of carboxylic acid groups (broad SMARTS) is 1. The summed E-state index contributed by atoms with van der Waals surface area (Å²) < 4.78 is 32.1. The van der Waals surface area contributed by atoms with Crippen LogP contribution in [0.1, 0.15) is 43.4 Å². The maximum absolute atomic E-state index is 13.3. The van der Waals surface area contributed by atoms with E-state index in [0.29, 0.717) is 19.5 Å². The highest BCUT2D eigenvalue weighted by molar-refractivity contribution is 5.66. The van der Waals surface area contributed by atoms with E-state index in [1.807, 2.05) is 0 Å². The lowest BCUT2D eigenvalue weighted by Crippen LogP contribution is -2.31. The molecule has 0 aliphatic carbocycles. The van der Waals surface area contributed by atoms with Gasteiger partial charge in [0.25, 0.3) is 0 Å². The van der Waals surface area contributed by atoms with Crippen molar-refractivity contribution in [1.29, 1.82) is 0 Å². The average molecular weight is 448 g/mol. The van der Waals surface area contributed by atoms with E-state index in [1.165, 1.54) is 5.56 Å². The van der Waals surface area contributed by atoms with E-state index in [1.54, 1.807) is 0 Å². The second kappa shape index (κ2) is 12.3. The molecule has 8 heteroatoms.